The van der Waals surface area contributed by atoms with Crippen LogP contribution in [0.15, 0.2) is 57.8 Å². The highest BCUT2D eigenvalue weighted by molar-refractivity contribution is 14.1. The Labute approximate surface area is 122 Å². The van der Waals surface area contributed by atoms with Gasteiger partial charge in [-0.15, -0.1) is 0 Å². The molecule has 0 fully saturated rings. The van der Waals surface area contributed by atoms with E-state index in [2.05, 4.69) is 27.6 Å². The zero-order valence-corrected chi connectivity index (χ0v) is 11.8. The summed E-state index contributed by atoms with van der Waals surface area (Å²) in [6.45, 7) is 0. The van der Waals surface area contributed by atoms with Gasteiger partial charge >= 0.3 is 5.97 Å². The lowest BCUT2D eigenvalue weighted by atomic mass is 10.2. The normalized spacial score (nSPS) is 16.6. The number of nitrogens with zero attached hydrogens (tertiary/aromatic N) is 1. The third kappa shape index (κ3) is 2.60. The fourth-order valence-corrected chi connectivity index (χ4v) is 1.99. The quantitative estimate of drug-likeness (QED) is 0.467. The molecule has 1 aliphatic rings. The number of benzene rings is 1. The van der Waals surface area contributed by atoms with E-state index < -0.39 is 5.97 Å². The molecular formula is C14H8INO3. The molecule has 0 bridgehead atoms. The summed E-state index contributed by atoms with van der Waals surface area (Å²) < 4.78 is 11.4. The van der Waals surface area contributed by atoms with Gasteiger partial charge in [-0.2, -0.15) is 0 Å². The van der Waals surface area contributed by atoms with E-state index in [0.717, 1.165) is 9.13 Å². The largest absolute Gasteiger partial charge is 0.465 e. The van der Waals surface area contributed by atoms with Gasteiger partial charge in [0.05, 0.1) is 6.26 Å². The zero-order valence-electron chi connectivity index (χ0n) is 9.67. The van der Waals surface area contributed by atoms with E-state index in [1.807, 2.05) is 24.3 Å². The molecule has 4 nitrogen and oxygen atoms in total. The average molecular weight is 365 g/mol. The third-order valence-electron chi connectivity index (χ3n) is 2.53. The van der Waals surface area contributed by atoms with E-state index in [4.69, 9.17) is 9.15 Å². The summed E-state index contributed by atoms with van der Waals surface area (Å²) in [5.74, 6) is 0.420. The number of ether oxygens (including phenoxy) is 1. The monoisotopic (exact) mass is 365 g/mol. The van der Waals surface area contributed by atoms with Crippen LogP contribution in [0.3, 0.4) is 0 Å². The first-order valence-corrected chi connectivity index (χ1v) is 6.62. The SMILES string of the molecule is O=C1OC(c2ccc(I)cc2)=N/C1=C\c1ccco1. The summed E-state index contributed by atoms with van der Waals surface area (Å²) in [7, 11) is 0. The number of esters is 1. The second-order valence-electron chi connectivity index (χ2n) is 3.86. The second-order valence-corrected chi connectivity index (χ2v) is 5.10. The second kappa shape index (κ2) is 5.00. The first-order valence-electron chi connectivity index (χ1n) is 5.54. The summed E-state index contributed by atoms with van der Waals surface area (Å²) in [4.78, 5) is 15.9. The molecule has 0 amide bonds. The number of furan rings is 1. The van der Waals surface area contributed by atoms with Gasteiger partial charge in [-0.1, -0.05) is 0 Å². The molecule has 0 radical (unpaired) electrons. The number of aliphatic imine (C=N–C) groups is 1. The van der Waals surface area contributed by atoms with Crippen molar-refractivity contribution in [1.29, 1.82) is 0 Å². The minimum Gasteiger partial charge on any atom is -0.465 e. The van der Waals surface area contributed by atoms with Crippen molar-refractivity contribution in [2.24, 2.45) is 4.99 Å². The van der Waals surface area contributed by atoms with Crippen molar-refractivity contribution in [3.05, 3.63) is 63.3 Å². The lowest BCUT2D eigenvalue weighted by Crippen LogP contribution is -2.05. The highest BCUT2D eigenvalue weighted by Crippen LogP contribution is 2.19. The number of hydrogen-bond acceptors (Lipinski definition) is 4. The van der Waals surface area contributed by atoms with E-state index in [9.17, 15) is 4.79 Å². The van der Waals surface area contributed by atoms with Crippen molar-refractivity contribution in [3.8, 4) is 0 Å². The van der Waals surface area contributed by atoms with Gasteiger partial charge in [-0.3, -0.25) is 0 Å². The molecule has 0 spiro atoms. The Morgan fingerprint density at radius 1 is 1.16 bits per heavy atom. The van der Waals surface area contributed by atoms with Crippen LogP contribution in [0.25, 0.3) is 6.08 Å². The maximum Gasteiger partial charge on any atom is 0.363 e. The highest BCUT2D eigenvalue weighted by atomic mass is 127. The van der Waals surface area contributed by atoms with Crippen molar-refractivity contribution >= 4 is 40.5 Å². The van der Waals surface area contributed by atoms with Crippen LogP contribution in [-0.2, 0) is 9.53 Å². The van der Waals surface area contributed by atoms with Crippen LogP contribution in [0.1, 0.15) is 11.3 Å². The van der Waals surface area contributed by atoms with Crippen LogP contribution in [0.2, 0.25) is 0 Å². The van der Waals surface area contributed by atoms with Gasteiger partial charge in [0.15, 0.2) is 5.70 Å². The van der Waals surface area contributed by atoms with Crippen molar-refractivity contribution in [3.63, 3.8) is 0 Å². The molecule has 19 heavy (non-hydrogen) atoms. The Bertz CT molecular complexity index is 669. The molecule has 0 N–H and O–H groups in total. The average Bonchev–Trinajstić information content (AvgIpc) is 3.02. The van der Waals surface area contributed by atoms with Gasteiger partial charge in [0.1, 0.15) is 5.76 Å². The maximum absolute atomic E-state index is 11.7. The van der Waals surface area contributed by atoms with E-state index in [-0.39, 0.29) is 5.70 Å². The van der Waals surface area contributed by atoms with E-state index in [1.165, 1.54) is 6.26 Å². The number of cyclic esters (lactones) is 1. The fraction of sp³-hybridized carbons (Fsp3) is 0. The topological polar surface area (TPSA) is 51.8 Å². The molecule has 1 aliphatic heterocycles. The Hall–Kier alpha value is -1.89. The highest BCUT2D eigenvalue weighted by Gasteiger charge is 2.24. The standard InChI is InChI=1S/C14H8INO3/c15-10-5-3-9(4-6-10)13-16-12(14(17)19-13)8-11-2-1-7-18-11/h1-8H/b12-8-. The van der Waals surface area contributed by atoms with E-state index in [0.29, 0.717) is 11.7 Å². The van der Waals surface area contributed by atoms with Gasteiger partial charge < -0.3 is 9.15 Å². The summed E-state index contributed by atoms with van der Waals surface area (Å²) in [6.07, 6.45) is 3.10. The Morgan fingerprint density at radius 3 is 2.63 bits per heavy atom. The third-order valence-corrected chi connectivity index (χ3v) is 3.25. The first-order chi connectivity index (χ1) is 9.22. The molecule has 0 aliphatic carbocycles. The molecule has 94 valence electrons. The number of carbonyl (C=O) groups is 1. The molecule has 1 aromatic heterocycles. The molecule has 5 heteroatoms. The summed E-state index contributed by atoms with van der Waals surface area (Å²) in [5.41, 5.74) is 1.01. The maximum atomic E-state index is 11.7. The Balaban J connectivity index is 1.93. The minimum atomic E-state index is -0.468. The molecule has 2 heterocycles. The molecule has 0 atom stereocenters. The number of rotatable bonds is 2. The van der Waals surface area contributed by atoms with Gasteiger partial charge in [0, 0.05) is 15.2 Å². The van der Waals surface area contributed by atoms with Gasteiger partial charge in [-0.25, -0.2) is 9.79 Å². The minimum absolute atomic E-state index is 0.239. The van der Waals surface area contributed by atoms with E-state index in [1.54, 1.807) is 18.2 Å². The number of carbonyl (C=O) groups excluding carboxylic acids is 1. The van der Waals surface area contributed by atoms with Crippen molar-refractivity contribution in [1.82, 2.24) is 0 Å². The van der Waals surface area contributed by atoms with Crippen LogP contribution in [0.5, 0.6) is 0 Å². The fourth-order valence-electron chi connectivity index (χ4n) is 1.63. The zero-order chi connectivity index (χ0) is 13.2. The Morgan fingerprint density at radius 2 is 1.95 bits per heavy atom. The van der Waals surface area contributed by atoms with Crippen molar-refractivity contribution in [2.75, 3.05) is 0 Å². The number of halogens is 1. The molecule has 0 saturated carbocycles. The molecule has 0 saturated heterocycles. The lowest BCUT2D eigenvalue weighted by molar-refractivity contribution is -0.129. The lowest BCUT2D eigenvalue weighted by Gasteiger charge is -1.98. The molecule has 1 aromatic carbocycles. The molecule has 3 rings (SSSR count). The summed E-state index contributed by atoms with van der Waals surface area (Å²) in [6, 6.07) is 11.1. The Kier molecular flexibility index (Phi) is 3.20. The van der Waals surface area contributed by atoms with Crippen LogP contribution in [0.4, 0.5) is 0 Å². The van der Waals surface area contributed by atoms with Crippen LogP contribution < -0.4 is 0 Å². The van der Waals surface area contributed by atoms with Crippen LogP contribution in [0, 0.1) is 3.57 Å². The smallest absolute Gasteiger partial charge is 0.363 e. The molecule has 0 unspecified atom stereocenters. The predicted octanol–water partition coefficient (Wildman–Crippen LogP) is 3.23. The summed E-state index contributed by atoms with van der Waals surface area (Å²) >= 11 is 2.21. The van der Waals surface area contributed by atoms with Crippen LogP contribution in [-0.4, -0.2) is 11.9 Å². The van der Waals surface area contributed by atoms with Gasteiger partial charge in [0.25, 0.3) is 0 Å². The van der Waals surface area contributed by atoms with E-state index >= 15 is 0 Å². The predicted molar refractivity (Wildman–Crippen MR) is 78.5 cm³/mol. The van der Waals surface area contributed by atoms with Crippen molar-refractivity contribution in [2.45, 2.75) is 0 Å². The van der Waals surface area contributed by atoms with Crippen LogP contribution >= 0.6 is 22.6 Å². The van der Waals surface area contributed by atoms with Gasteiger partial charge in [0.2, 0.25) is 5.90 Å². The summed E-state index contributed by atoms with van der Waals surface area (Å²) in [5, 5.41) is 0. The van der Waals surface area contributed by atoms with Crippen molar-refractivity contribution < 1.29 is 13.9 Å². The molecular weight excluding hydrogens is 357 g/mol. The van der Waals surface area contributed by atoms with Gasteiger partial charge in [-0.05, 0) is 59.0 Å². The first kappa shape index (κ1) is 12.2. The molecule has 2 aromatic rings. The number of hydrogen-bond donors (Lipinski definition) is 0.